The molecule has 0 heterocycles. The number of esters is 1. The number of benzene rings is 1. The van der Waals surface area contributed by atoms with E-state index in [0.29, 0.717) is 5.57 Å². The first kappa shape index (κ1) is 17.2. The number of aromatic hydroxyl groups is 1. The van der Waals surface area contributed by atoms with E-state index in [2.05, 4.69) is 11.3 Å². The molecule has 0 saturated heterocycles. The number of hydrogen-bond acceptors (Lipinski definition) is 5. The lowest BCUT2D eigenvalue weighted by atomic mass is 10.2. The highest BCUT2D eigenvalue weighted by atomic mass is 32.2. The Morgan fingerprint density at radius 2 is 2.05 bits per heavy atom. The van der Waals surface area contributed by atoms with Gasteiger partial charge in [-0.3, -0.25) is 0 Å². The molecule has 0 bridgehead atoms. The minimum atomic E-state index is -3.77. The molecule has 0 radical (unpaired) electrons. The zero-order valence-corrected chi connectivity index (χ0v) is 13.1. The van der Waals surface area contributed by atoms with Gasteiger partial charge in [0.1, 0.15) is 11.3 Å². The molecule has 0 unspecified atom stereocenters. The van der Waals surface area contributed by atoms with Crippen LogP contribution in [-0.2, 0) is 14.8 Å². The lowest BCUT2D eigenvalue weighted by Gasteiger charge is -2.21. The molecule has 0 aliphatic rings. The van der Waals surface area contributed by atoms with E-state index in [4.69, 9.17) is 0 Å². The van der Waals surface area contributed by atoms with Crippen LogP contribution in [0.25, 0.3) is 0 Å². The third-order valence-electron chi connectivity index (χ3n) is 2.81. The van der Waals surface area contributed by atoms with Crippen molar-refractivity contribution < 1.29 is 23.1 Å². The number of phenols is 1. The van der Waals surface area contributed by atoms with Crippen LogP contribution in [0.1, 0.15) is 24.2 Å². The summed E-state index contributed by atoms with van der Waals surface area (Å²) in [5, 5.41) is 9.62. The van der Waals surface area contributed by atoms with E-state index in [0.717, 1.165) is 19.2 Å². The second-order valence-corrected chi connectivity index (χ2v) is 6.50. The number of rotatable bonds is 6. The summed E-state index contributed by atoms with van der Waals surface area (Å²) in [5.74, 6) is -1.13. The minimum absolute atomic E-state index is 0.0798. The summed E-state index contributed by atoms with van der Waals surface area (Å²) in [5.41, 5.74) is 0.511. The number of ether oxygens (including phenoxy) is 1. The van der Waals surface area contributed by atoms with Crippen LogP contribution in [0.2, 0.25) is 0 Å². The Labute approximate surface area is 124 Å². The second-order valence-electron chi connectivity index (χ2n) is 4.56. The fourth-order valence-electron chi connectivity index (χ4n) is 1.77. The molecule has 0 aliphatic heterocycles. The van der Waals surface area contributed by atoms with Gasteiger partial charge in [0.25, 0.3) is 0 Å². The Morgan fingerprint density at radius 3 is 2.52 bits per heavy atom. The van der Waals surface area contributed by atoms with Crippen molar-refractivity contribution in [1.82, 2.24) is 4.31 Å². The van der Waals surface area contributed by atoms with Gasteiger partial charge in [-0.2, -0.15) is 4.31 Å². The topological polar surface area (TPSA) is 83.9 Å². The van der Waals surface area contributed by atoms with Gasteiger partial charge in [-0.15, -0.1) is 0 Å². The van der Waals surface area contributed by atoms with Gasteiger partial charge in [0.2, 0.25) is 10.0 Å². The van der Waals surface area contributed by atoms with Crippen molar-refractivity contribution in [2.45, 2.75) is 18.7 Å². The Bertz CT molecular complexity index is 651. The van der Waals surface area contributed by atoms with Crippen molar-refractivity contribution in [2.24, 2.45) is 0 Å². The number of phenolic OH excluding ortho intramolecular Hbond substituents is 1. The first-order valence-corrected chi connectivity index (χ1v) is 7.73. The summed E-state index contributed by atoms with van der Waals surface area (Å²) < 4.78 is 30.8. The summed E-state index contributed by atoms with van der Waals surface area (Å²) >= 11 is 0. The van der Waals surface area contributed by atoms with Crippen molar-refractivity contribution in [1.29, 1.82) is 0 Å². The van der Waals surface area contributed by atoms with Crippen LogP contribution < -0.4 is 0 Å². The molecule has 0 saturated carbocycles. The smallest absolute Gasteiger partial charge is 0.341 e. The number of carbonyl (C=O) groups excluding carboxylic acids is 1. The quantitative estimate of drug-likeness (QED) is 0.639. The molecule has 0 spiro atoms. The number of hydrogen-bond donors (Lipinski definition) is 1. The number of likely N-dealkylation sites (N-methyl/N-ethyl adjacent to an activating group) is 1. The molecule has 0 amide bonds. The lowest BCUT2D eigenvalue weighted by molar-refractivity contribution is 0.0597. The van der Waals surface area contributed by atoms with Gasteiger partial charge in [-0.05, 0) is 25.1 Å². The predicted molar refractivity (Wildman–Crippen MR) is 78.7 cm³/mol. The molecule has 1 aromatic carbocycles. The standard InChI is InChI=1S/C14H19NO5S/c1-5-15(9-10(2)3)21(18,19)11-6-7-13(16)12(8-11)14(17)20-4/h6-8,16H,2,5,9H2,1,3-4H3. The summed E-state index contributed by atoms with van der Waals surface area (Å²) in [4.78, 5) is 11.4. The Balaban J connectivity index is 3.31. The van der Waals surface area contributed by atoms with Gasteiger partial charge >= 0.3 is 5.97 Å². The molecular weight excluding hydrogens is 294 g/mol. The van der Waals surface area contributed by atoms with Crippen LogP contribution in [0.4, 0.5) is 0 Å². The zero-order chi connectivity index (χ0) is 16.2. The monoisotopic (exact) mass is 313 g/mol. The first-order valence-electron chi connectivity index (χ1n) is 6.29. The zero-order valence-electron chi connectivity index (χ0n) is 12.3. The maximum absolute atomic E-state index is 12.5. The number of sulfonamides is 1. The van der Waals surface area contributed by atoms with Crippen LogP contribution in [0, 0.1) is 0 Å². The second kappa shape index (κ2) is 6.73. The molecule has 0 atom stereocenters. The third-order valence-corrected chi connectivity index (χ3v) is 4.73. The van der Waals surface area contributed by atoms with Crippen molar-refractivity contribution in [3.05, 3.63) is 35.9 Å². The van der Waals surface area contributed by atoms with Crippen LogP contribution in [0.5, 0.6) is 5.75 Å². The summed E-state index contributed by atoms with van der Waals surface area (Å²) in [6.07, 6.45) is 0. The number of methoxy groups -OCH3 is 1. The predicted octanol–water partition coefficient (Wildman–Crippen LogP) is 1.77. The maximum atomic E-state index is 12.5. The van der Waals surface area contributed by atoms with E-state index >= 15 is 0 Å². The van der Waals surface area contributed by atoms with Gasteiger partial charge < -0.3 is 9.84 Å². The highest BCUT2D eigenvalue weighted by Gasteiger charge is 2.25. The molecule has 7 heteroatoms. The Hall–Kier alpha value is -1.86. The van der Waals surface area contributed by atoms with E-state index < -0.39 is 16.0 Å². The van der Waals surface area contributed by atoms with E-state index in [1.165, 1.54) is 10.4 Å². The van der Waals surface area contributed by atoms with Gasteiger partial charge in [-0.1, -0.05) is 19.1 Å². The molecule has 1 N–H and O–H groups in total. The molecule has 1 rings (SSSR count). The lowest BCUT2D eigenvalue weighted by Crippen LogP contribution is -2.32. The van der Waals surface area contributed by atoms with Gasteiger partial charge in [0, 0.05) is 13.1 Å². The van der Waals surface area contributed by atoms with E-state index in [1.807, 2.05) is 0 Å². The van der Waals surface area contributed by atoms with E-state index in [1.54, 1.807) is 13.8 Å². The normalized spacial score (nSPS) is 11.4. The van der Waals surface area contributed by atoms with Crippen LogP contribution >= 0.6 is 0 Å². The first-order chi connectivity index (χ1) is 9.73. The van der Waals surface area contributed by atoms with Gasteiger partial charge in [0.05, 0.1) is 12.0 Å². The fraction of sp³-hybridized carbons (Fsp3) is 0.357. The SMILES string of the molecule is C=C(C)CN(CC)S(=O)(=O)c1ccc(O)c(C(=O)OC)c1. The summed E-state index contributed by atoms with van der Waals surface area (Å²) in [7, 11) is -2.62. The maximum Gasteiger partial charge on any atom is 0.341 e. The van der Waals surface area contributed by atoms with Crippen molar-refractivity contribution in [2.75, 3.05) is 20.2 Å². The van der Waals surface area contributed by atoms with Crippen molar-refractivity contribution in [3.63, 3.8) is 0 Å². The molecule has 0 aliphatic carbocycles. The molecule has 6 nitrogen and oxygen atoms in total. The third kappa shape index (κ3) is 3.83. The van der Waals surface area contributed by atoms with Gasteiger partial charge in [0.15, 0.2) is 0 Å². The average Bonchev–Trinajstić information content (AvgIpc) is 2.43. The van der Waals surface area contributed by atoms with Crippen molar-refractivity contribution >= 4 is 16.0 Å². The largest absolute Gasteiger partial charge is 0.507 e. The summed E-state index contributed by atoms with van der Waals surface area (Å²) in [6.45, 7) is 7.60. The average molecular weight is 313 g/mol. The molecule has 0 fully saturated rings. The number of nitrogens with zero attached hydrogens (tertiary/aromatic N) is 1. The van der Waals surface area contributed by atoms with Gasteiger partial charge in [-0.25, -0.2) is 13.2 Å². The van der Waals surface area contributed by atoms with Crippen LogP contribution in [-0.4, -0.2) is 44.0 Å². The molecule has 116 valence electrons. The highest BCUT2D eigenvalue weighted by molar-refractivity contribution is 7.89. The van der Waals surface area contributed by atoms with Crippen LogP contribution in [0.15, 0.2) is 35.2 Å². The Kier molecular flexibility index (Phi) is 5.51. The van der Waals surface area contributed by atoms with Crippen molar-refractivity contribution in [3.8, 4) is 5.75 Å². The minimum Gasteiger partial charge on any atom is -0.507 e. The van der Waals surface area contributed by atoms with E-state index in [-0.39, 0.29) is 29.3 Å². The highest BCUT2D eigenvalue weighted by Crippen LogP contribution is 2.24. The molecule has 1 aromatic rings. The fourth-order valence-corrected chi connectivity index (χ4v) is 3.30. The molecular formula is C14H19NO5S. The van der Waals surface area contributed by atoms with Crippen LogP contribution in [0.3, 0.4) is 0 Å². The summed E-state index contributed by atoms with van der Waals surface area (Å²) in [6, 6.07) is 3.52. The molecule has 0 aromatic heterocycles. The Morgan fingerprint density at radius 1 is 1.43 bits per heavy atom. The molecule has 21 heavy (non-hydrogen) atoms. The van der Waals surface area contributed by atoms with E-state index in [9.17, 15) is 18.3 Å². The number of carbonyl (C=O) groups is 1.